The summed E-state index contributed by atoms with van der Waals surface area (Å²) in [6.45, 7) is 2.94. The number of fused-ring (bicyclic) bond motifs is 1. The van der Waals surface area contributed by atoms with Crippen LogP contribution in [0.3, 0.4) is 0 Å². The lowest BCUT2D eigenvalue weighted by molar-refractivity contribution is 0.565. The fourth-order valence-electron chi connectivity index (χ4n) is 2.72. The highest BCUT2D eigenvalue weighted by Gasteiger charge is 2.21. The lowest BCUT2D eigenvalue weighted by Gasteiger charge is -2.12. The maximum Gasteiger partial charge on any atom is 0.152 e. The number of rotatable bonds is 3. The minimum Gasteiger partial charge on any atom is -0.368 e. The second-order valence-electron chi connectivity index (χ2n) is 5.21. The Hall–Kier alpha value is -1.62. The summed E-state index contributed by atoms with van der Waals surface area (Å²) in [4.78, 5) is 4.40. The molecule has 0 saturated heterocycles. The van der Waals surface area contributed by atoms with E-state index in [2.05, 4.69) is 21.5 Å². The van der Waals surface area contributed by atoms with E-state index >= 15 is 0 Å². The summed E-state index contributed by atoms with van der Waals surface area (Å²) < 4.78 is 1.87. The fraction of sp³-hybridized carbons (Fsp3) is 0.538. The van der Waals surface area contributed by atoms with Crippen molar-refractivity contribution in [3.63, 3.8) is 0 Å². The number of hydrogen-bond acceptors (Lipinski definition) is 4. The third-order valence-electron chi connectivity index (χ3n) is 3.65. The van der Waals surface area contributed by atoms with Crippen LogP contribution in [0.5, 0.6) is 0 Å². The molecule has 0 spiro atoms. The first-order chi connectivity index (χ1) is 8.72. The number of anilines is 1. The van der Waals surface area contributed by atoms with Crippen molar-refractivity contribution in [3.8, 4) is 0 Å². The molecular formula is C13H19N5. The van der Waals surface area contributed by atoms with Crippen molar-refractivity contribution in [2.75, 3.05) is 11.9 Å². The zero-order valence-corrected chi connectivity index (χ0v) is 10.6. The molecule has 1 fully saturated rings. The van der Waals surface area contributed by atoms with Gasteiger partial charge >= 0.3 is 0 Å². The van der Waals surface area contributed by atoms with Crippen molar-refractivity contribution in [2.24, 2.45) is 11.7 Å². The van der Waals surface area contributed by atoms with Gasteiger partial charge in [0.05, 0.1) is 5.69 Å². The summed E-state index contributed by atoms with van der Waals surface area (Å²) in [6, 6.07) is 2.44. The first-order valence-corrected chi connectivity index (χ1v) is 6.53. The summed E-state index contributed by atoms with van der Waals surface area (Å²) in [5.74, 6) is 1.59. The monoisotopic (exact) mass is 245 g/mol. The number of nitrogens with zero attached hydrogens (tertiary/aromatic N) is 3. The van der Waals surface area contributed by atoms with Gasteiger partial charge in [-0.05, 0) is 38.2 Å². The van der Waals surface area contributed by atoms with E-state index in [1.807, 2.05) is 17.6 Å². The maximum atomic E-state index is 5.93. The molecule has 0 radical (unpaired) electrons. The van der Waals surface area contributed by atoms with Gasteiger partial charge in [0.25, 0.3) is 0 Å². The van der Waals surface area contributed by atoms with Gasteiger partial charge in [-0.1, -0.05) is 0 Å². The molecule has 18 heavy (non-hydrogen) atoms. The van der Waals surface area contributed by atoms with Crippen molar-refractivity contribution >= 4 is 11.3 Å². The van der Waals surface area contributed by atoms with Crippen LogP contribution < -0.4 is 11.1 Å². The Balaban J connectivity index is 1.74. The molecule has 0 aliphatic heterocycles. The van der Waals surface area contributed by atoms with E-state index in [0.717, 1.165) is 36.4 Å². The molecule has 2 aromatic rings. The van der Waals surface area contributed by atoms with Gasteiger partial charge in [-0.3, -0.25) is 0 Å². The molecule has 96 valence electrons. The smallest absolute Gasteiger partial charge is 0.152 e. The zero-order valence-electron chi connectivity index (χ0n) is 10.6. The molecule has 1 aliphatic rings. The Labute approximate surface area is 106 Å². The Morgan fingerprint density at radius 2 is 2.39 bits per heavy atom. The zero-order chi connectivity index (χ0) is 12.5. The Bertz CT molecular complexity index is 547. The molecule has 0 bridgehead atoms. The van der Waals surface area contributed by atoms with Gasteiger partial charge in [0.15, 0.2) is 5.82 Å². The number of hydrogen-bond donors (Lipinski definition) is 2. The predicted molar refractivity (Wildman–Crippen MR) is 71.5 cm³/mol. The third kappa shape index (κ3) is 2.18. The van der Waals surface area contributed by atoms with E-state index < -0.39 is 0 Å². The van der Waals surface area contributed by atoms with Crippen LogP contribution in [0.2, 0.25) is 0 Å². The highest BCUT2D eigenvalue weighted by atomic mass is 15.2. The number of nitrogens with one attached hydrogen (secondary N) is 1. The van der Waals surface area contributed by atoms with Gasteiger partial charge in [-0.15, -0.1) is 0 Å². The van der Waals surface area contributed by atoms with Crippen molar-refractivity contribution in [2.45, 2.75) is 32.2 Å². The second-order valence-corrected chi connectivity index (χ2v) is 5.21. The molecule has 5 nitrogen and oxygen atoms in total. The summed E-state index contributed by atoms with van der Waals surface area (Å²) in [6.07, 6.45) is 7.14. The lowest BCUT2D eigenvalue weighted by Crippen LogP contribution is -2.18. The first kappa shape index (κ1) is 11.5. The molecule has 0 amide bonds. The molecule has 3 rings (SSSR count). The molecule has 2 unspecified atom stereocenters. The van der Waals surface area contributed by atoms with Crippen LogP contribution >= 0.6 is 0 Å². The van der Waals surface area contributed by atoms with Crippen molar-refractivity contribution in [1.82, 2.24) is 14.6 Å². The molecule has 2 heterocycles. The topological polar surface area (TPSA) is 68.2 Å². The molecule has 5 heteroatoms. The van der Waals surface area contributed by atoms with Gasteiger partial charge < -0.3 is 11.1 Å². The standard InChI is InChI=1S/C13H19N5/c1-9-6-12-13(15-4-5-18(12)17-9)16-8-10-2-3-11(14)7-10/h4-6,10-11H,2-3,7-8,14H2,1H3,(H,15,16). The minimum absolute atomic E-state index is 0.387. The number of aryl methyl sites for hydroxylation is 1. The van der Waals surface area contributed by atoms with Crippen LogP contribution in [0.1, 0.15) is 25.0 Å². The largest absolute Gasteiger partial charge is 0.368 e. The Kier molecular flexibility index (Phi) is 2.91. The van der Waals surface area contributed by atoms with Crippen LogP contribution in [0, 0.1) is 12.8 Å². The highest BCUT2D eigenvalue weighted by Crippen LogP contribution is 2.24. The van der Waals surface area contributed by atoms with Crippen molar-refractivity contribution in [1.29, 1.82) is 0 Å². The SMILES string of the molecule is Cc1cc2c(NCC3CCC(N)C3)nccn2n1. The van der Waals surface area contributed by atoms with Crippen molar-refractivity contribution < 1.29 is 0 Å². The summed E-state index contributed by atoms with van der Waals surface area (Å²) in [7, 11) is 0. The van der Waals surface area contributed by atoms with E-state index in [0.29, 0.717) is 12.0 Å². The van der Waals surface area contributed by atoms with Crippen LogP contribution in [-0.2, 0) is 0 Å². The fourth-order valence-corrected chi connectivity index (χ4v) is 2.72. The quantitative estimate of drug-likeness (QED) is 0.861. The average Bonchev–Trinajstić information content (AvgIpc) is 2.91. The number of aromatic nitrogens is 3. The third-order valence-corrected chi connectivity index (χ3v) is 3.65. The lowest BCUT2D eigenvalue weighted by atomic mass is 10.1. The Morgan fingerprint density at radius 3 is 3.17 bits per heavy atom. The summed E-state index contributed by atoms with van der Waals surface area (Å²) in [5.41, 5.74) is 7.98. The van der Waals surface area contributed by atoms with Crippen LogP contribution in [0.15, 0.2) is 18.5 Å². The summed E-state index contributed by atoms with van der Waals surface area (Å²) in [5, 5.41) is 7.82. The minimum atomic E-state index is 0.387. The molecule has 3 N–H and O–H groups in total. The van der Waals surface area contributed by atoms with Gasteiger partial charge in [0.2, 0.25) is 0 Å². The predicted octanol–water partition coefficient (Wildman–Crippen LogP) is 1.58. The number of nitrogens with two attached hydrogens (primary N) is 1. The van der Waals surface area contributed by atoms with Crippen molar-refractivity contribution in [3.05, 3.63) is 24.2 Å². The Morgan fingerprint density at radius 1 is 1.50 bits per heavy atom. The normalized spacial score (nSPS) is 23.7. The van der Waals surface area contributed by atoms with Gasteiger partial charge in [-0.2, -0.15) is 5.10 Å². The highest BCUT2D eigenvalue weighted by molar-refractivity contribution is 5.67. The molecule has 0 aromatic carbocycles. The molecular weight excluding hydrogens is 226 g/mol. The first-order valence-electron chi connectivity index (χ1n) is 6.53. The van der Waals surface area contributed by atoms with Crippen LogP contribution in [0.4, 0.5) is 5.82 Å². The van der Waals surface area contributed by atoms with Gasteiger partial charge in [0.1, 0.15) is 5.52 Å². The molecule has 1 aliphatic carbocycles. The second kappa shape index (κ2) is 4.57. The molecule has 1 saturated carbocycles. The van der Waals surface area contributed by atoms with E-state index in [-0.39, 0.29) is 0 Å². The van der Waals surface area contributed by atoms with Gasteiger partial charge in [0, 0.05) is 25.0 Å². The van der Waals surface area contributed by atoms with Crippen LogP contribution in [0.25, 0.3) is 5.52 Å². The van der Waals surface area contributed by atoms with E-state index in [1.54, 1.807) is 6.20 Å². The summed E-state index contributed by atoms with van der Waals surface area (Å²) >= 11 is 0. The van der Waals surface area contributed by atoms with E-state index in [9.17, 15) is 0 Å². The van der Waals surface area contributed by atoms with Gasteiger partial charge in [-0.25, -0.2) is 9.50 Å². The van der Waals surface area contributed by atoms with E-state index in [4.69, 9.17) is 5.73 Å². The average molecular weight is 245 g/mol. The van der Waals surface area contributed by atoms with E-state index in [1.165, 1.54) is 6.42 Å². The molecule has 2 aromatic heterocycles. The molecule has 2 atom stereocenters. The maximum absolute atomic E-state index is 5.93. The van der Waals surface area contributed by atoms with Crippen LogP contribution in [-0.4, -0.2) is 27.2 Å².